The Hall–Kier alpha value is -3.09. The van der Waals surface area contributed by atoms with Crippen molar-refractivity contribution >= 4 is 5.97 Å². The number of aromatic nitrogens is 2. The van der Waals surface area contributed by atoms with E-state index in [9.17, 15) is 13.6 Å². The highest BCUT2D eigenvalue weighted by Gasteiger charge is 2.11. The Labute approximate surface area is 142 Å². The van der Waals surface area contributed by atoms with E-state index >= 15 is 0 Å². The second-order valence-electron chi connectivity index (χ2n) is 5.31. The van der Waals surface area contributed by atoms with Gasteiger partial charge in [-0.15, -0.1) is 0 Å². The van der Waals surface area contributed by atoms with E-state index in [0.717, 1.165) is 0 Å². The number of carbonyl (C=O) groups excluding carboxylic acids is 1. The van der Waals surface area contributed by atoms with Gasteiger partial charge in [-0.1, -0.05) is 17.3 Å². The molecule has 128 valence electrons. The fourth-order valence-electron chi connectivity index (χ4n) is 2.10. The summed E-state index contributed by atoms with van der Waals surface area (Å²) in [7, 11) is 0. The second kappa shape index (κ2) is 7.65. The van der Waals surface area contributed by atoms with Crippen molar-refractivity contribution in [3.63, 3.8) is 0 Å². The molecule has 0 atom stereocenters. The van der Waals surface area contributed by atoms with Crippen molar-refractivity contribution in [3.05, 3.63) is 71.6 Å². The van der Waals surface area contributed by atoms with Gasteiger partial charge in [-0.25, -0.2) is 8.78 Å². The van der Waals surface area contributed by atoms with Gasteiger partial charge in [-0.2, -0.15) is 4.98 Å². The Balaban J connectivity index is 1.49. The zero-order valence-electron chi connectivity index (χ0n) is 13.1. The molecule has 0 unspecified atom stereocenters. The van der Waals surface area contributed by atoms with Gasteiger partial charge < -0.3 is 9.26 Å². The molecule has 3 rings (SSSR count). The first-order valence-corrected chi connectivity index (χ1v) is 7.59. The molecule has 0 fully saturated rings. The topological polar surface area (TPSA) is 65.2 Å². The zero-order valence-corrected chi connectivity index (χ0v) is 13.1. The van der Waals surface area contributed by atoms with Crippen molar-refractivity contribution < 1.29 is 22.8 Å². The van der Waals surface area contributed by atoms with Crippen LogP contribution < -0.4 is 0 Å². The highest BCUT2D eigenvalue weighted by atomic mass is 19.1. The lowest BCUT2D eigenvalue weighted by molar-refractivity contribution is -0.145. The molecule has 0 N–H and O–H groups in total. The monoisotopic (exact) mass is 344 g/mol. The van der Waals surface area contributed by atoms with Crippen LogP contribution in [0.3, 0.4) is 0 Å². The van der Waals surface area contributed by atoms with Crippen LogP contribution in [-0.2, 0) is 22.6 Å². The minimum Gasteiger partial charge on any atom is -0.461 e. The van der Waals surface area contributed by atoms with Gasteiger partial charge in [0, 0.05) is 12.0 Å². The number of carbonyl (C=O) groups is 1. The molecule has 25 heavy (non-hydrogen) atoms. The lowest BCUT2D eigenvalue weighted by Gasteiger charge is -2.03. The molecule has 0 aliphatic carbocycles. The number of rotatable bonds is 6. The van der Waals surface area contributed by atoms with Crippen LogP contribution in [0.1, 0.15) is 17.9 Å². The third-order valence-corrected chi connectivity index (χ3v) is 3.43. The minimum absolute atomic E-state index is 0.0732. The molecule has 7 heteroatoms. The Morgan fingerprint density at radius 2 is 1.64 bits per heavy atom. The Morgan fingerprint density at radius 1 is 1.00 bits per heavy atom. The van der Waals surface area contributed by atoms with Gasteiger partial charge in [-0.3, -0.25) is 4.79 Å². The predicted octanol–water partition coefficient (Wildman–Crippen LogP) is 3.69. The summed E-state index contributed by atoms with van der Waals surface area (Å²) in [6.45, 7) is 0.0732. The maximum absolute atomic E-state index is 12.9. The van der Waals surface area contributed by atoms with E-state index in [4.69, 9.17) is 9.26 Å². The van der Waals surface area contributed by atoms with E-state index < -0.39 is 5.97 Å². The summed E-state index contributed by atoms with van der Waals surface area (Å²) in [5, 5.41) is 3.80. The molecule has 0 saturated carbocycles. The fraction of sp³-hybridized carbons (Fsp3) is 0.167. The number of nitrogens with zero attached hydrogens (tertiary/aromatic N) is 2. The number of hydrogen-bond donors (Lipinski definition) is 0. The van der Waals surface area contributed by atoms with Gasteiger partial charge in [0.1, 0.15) is 18.2 Å². The maximum atomic E-state index is 12.9. The lowest BCUT2D eigenvalue weighted by atomic mass is 10.2. The first-order chi connectivity index (χ1) is 12.1. The van der Waals surface area contributed by atoms with Crippen molar-refractivity contribution in [1.29, 1.82) is 0 Å². The van der Waals surface area contributed by atoms with Crippen molar-refractivity contribution in [1.82, 2.24) is 10.1 Å². The highest BCUT2D eigenvalue weighted by molar-refractivity contribution is 5.69. The van der Waals surface area contributed by atoms with Crippen LogP contribution in [0.5, 0.6) is 0 Å². The molecule has 0 bridgehead atoms. The molecule has 0 amide bonds. The van der Waals surface area contributed by atoms with Crippen LogP contribution in [0.2, 0.25) is 0 Å². The third-order valence-electron chi connectivity index (χ3n) is 3.43. The maximum Gasteiger partial charge on any atom is 0.306 e. The van der Waals surface area contributed by atoms with Gasteiger partial charge >= 0.3 is 5.97 Å². The van der Waals surface area contributed by atoms with E-state index in [0.29, 0.717) is 17.0 Å². The van der Waals surface area contributed by atoms with Crippen LogP contribution >= 0.6 is 0 Å². The second-order valence-corrected chi connectivity index (χ2v) is 5.31. The van der Waals surface area contributed by atoms with E-state index in [-0.39, 0.29) is 37.0 Å². The summed E-state index contributed by atoms with van der Waals surface area (Å²) in [6.07, 6.45) is 0.308. The standard InChI is InChI=1S/C18H14F2N2O3/c19-14-5-1-12(2-6-14)11-24-17(23)10-9-16-21-18(22-25-16)13-3-7-15(20)8-4-13/h1-8H,9-11H2. The lowest BCUT2D eigenvalue weighted by Crippen LogP contribution is -2.06. The smallest absolute Gasteiger partial charge is 0.306 e. The largest absolute Gasteiger partial charge is 0.461 e. The molecule has 0 spiro atoms. The number of hydrogen-bond acceptors (Lipinski definition) is 5. The first kappa shape index (κ1) is 16.8. The number of halogens is 2. The summed E-state index contributed by atoms with van der Waals surface area (Å²) in [6, 6.07) is 11.4. The molecule has 0 aliphatic heterocycles. The summed E-state index contributed by atoms with van der Waals surface area (Å²) >= 11 is 0. The van der Waals surface area contributed by atoms with E-state index in [1.54, 1.807) is 24.3 Å². The fourth-order valence-corrected chi connectivity index (χ4v) is 2.10. The van der Waals surface area contributed by atoms with Crippen molar-refractivity contribution in [2.24, 2.45) is 0 Å². The average molecular weight is 344 g/mol. The molecule has 1 aromatic heterocycles. The van der Waals surface area contributed by atoms with Gasteiger partial charge in [0.05, 0.1) is 6.42 Å². The number of ether oxygens (including phenoxy) is 1. The van der Waals surface area contributed by atoms with Crippen LogP contribution in [-0.4, -0.2) is 16.1 Å². The molecule has 2 aromatic carbocycles. The minimum atomic E-state index is -0.425. The van der Waals surface area contributed by atoms with Crippen LogP contribution in [0.25, 0.3) is 11.4 Å². The number of benzene rings is 2. The number of esters is 1. The molecule has 5 nitrogen and oxygen atoms in total. The molecular formula is C18H14F2N2O3. The SMILES string of the molecule is O=C(CCc1nc(-c2ccc(F)cc2)no1)OCc1ccc(F)cc1. The van der Waals surface area contributed by atoms with E-state index in [1.807, 2.05) is 0 Å². The Morgan fingerprint density at radius 3 is 2.32 bits per heavy atom. The van der Waals surface area contributed by atoms with Crippen LogP contribution in [0, 0.1) is 11.6 Å². The quantitative estimate of drug-likeness (QED) is 0.638. The Kier molecular flexibility index (Phi) is 5.13. The molecule has 0 saturated heterocycles. The van der Waals surface area contributed by atoms with E-state index in [1.165, 1.54) is 24.3 Å². The van der Waals surface area contributed by atoms with Crippen LogP contribution in [0.4, 0.5) is 8.78 Å². The number of aryl methyl sites for hydroxylation is 1. The molecule has 0 radical (unpaired) electrons. The first-order valence-electron chi connectivity index (χ1n) is 7.59. The summed E-state index contributed by atoms with van der Waals surface area (Å²) in [5.41, 5.74) is 1.32. The van der Waals surface area contributed by atoms with Gasteiger partial charge in [-0.05, 0) is 42.0 Å². The molecule has 0 aliphatic rings. The molecule has 3 aromatic rings. The molecular weight excluding hydrogens is 330 g/mol. The van der Waals surface area contributed by atoms with Crippen LogP contribution in [0.15, 0.2) is 53.1 Å². The van der Waals surface area contributed by atoms with Gasteiger partial charge in [0.15, 0.2) is 0 Å². The third kappa shape index (κ3) is 4.69. The normalized spacial score (nSPS) is 10.6. The van der Waals surface area contributed by atoms with Crippen molar-refractivity contribution in [2.75, 3.05) is 0 Å². The molecule has 1 heterocycles. The summed E-state index contributed by atoms with van der Waals surface area (Å²) < 4.78 is 35.9. The van der Waals surface area contributed by atoms with Crippen molar-refractivity contribution in [3.8, 4) is 11.4 Å². The Bertz CT molecular complexity index is 846. The highest BCUT2D eigenvalue weighted by Crippen LogP contribution is 2.16. The van der Waals surface area contributed by atoms with Gasteiger partial charge in [0.2, 0.25) is 11.7 Å². The average Bonchev–Trinajstić information content (AvgIpc) is 3.09. The van der Waals surface area contributed by atoms with Gasteiger partial charge in [0.25, 0.3) is 0 Å². The predicted molar refractivity (Wildman–Crippen MR) is 84.2 cm³/mol. The summed E-state index contributed by atoms with van der Waals surface area (Å²) in [5.74, 6) is -0.501. The summed E-state index contributed by atoms with van der Waals surface area (Å²) in [4.78, 5) is 15.9. The zero-order chi connectivity index (χ0) is 17.6. The van der Waals surface area contributed by atoms with E-state index in [2.05, 4.69) is 10.1 Å². The van der Waals surface area contributed by atoms with Crippen molar-refractivity contribution in [2.45, 2.75) is 19.4 Å².